The molecule has 0 heterocycles. The summed E-state index contributed by atoms with van der Waals surface area (Å²) in [5.41, 5.74) is 0.434. The van der Waals surface area contributed by atoms with Gasteiger partial charge in [0.25, 0.3) is 10.0 Å². The van der Waals surface area contributed by atoms with E-state index in [1.165, 1.54) is 43.5 Å². The fraction of sp³-hybridized carbons (Fsp3) is 0.167. The maximum Gasteiger partial charge on any atom is 0.340 e. The normalized spacial score (nSPS) is 10.9. The molecule has 0 aromatic heterocycles. The molecule has 0 unspecified atom stereocenters. The Morgan fingerprint density at radius 1 is 1.00 bits per heavy atom. The third-order valence-electron chi connectivity index (χ3n) is 4.72. The Hall–Kier alpha value is -3.56. The number of hydrogen-bond acceptors (Lipinski definition) is 6. The van der Waals surface area contributed by atoms with E-state index in [0.717, 1.165) is 4.31 Å². The van der Waals surface area contributed by atoms with Crippen molar-refractivity contribution in [3.8, 4) is 5.75 Å². The van der Waals surface area contributed by atoms with Crippen molar-refractivity contribution in [1.29, 1.82) is 0 Å². The summed E-state index contributed by atoms with van der Waals surface area (Å²) < 4.78 is 38.3. The zero-order valence-corrected chi connectivity index (χ0v) is 20.1. The molecule has 0 fully saturated rings. The lowest BCUT2D eigenvalue weighted by Gasteiger charge is -2.26. The molecule has 0 aliphatic rings. The quantitative estimate of drug-likeness (QED) is 0.436. The highest BCUT2D eigenvalue weighted by atomic mass is 35.5. The molecular weight excluding hydrogens is 480 g/mol. The lowest BCUT2D eigenvalue weighted by atomic mass is 10.2. The van der Waals surface area contributed by atoms with Crippen LogP contribution in [0, 0.1) is 0 Å². The van der Waals surface area contributed by atoms with Crippen LogP contribution in [0.15, 0.2) is 77.7 Å². The third-order valence-corrected chi connectivity index (χ3v) is 6.73. The second-order valence-electron chi connectivity index (χ2n) is 6.96. The van der Waals surface area contributed by atoms with E-state index in [-0.39, 0.29) is 39.2 Å². The van der Waals surface area contributed by atoms with Crippen LogP contribution in [0.25, 0.3) is 0 Å². The first kappa shape index (κ1) is 25.1. The molecular formula is C24H23ClN2O6S. The summed E-state index contributed by atoms with van der Waals surface area (Å²) in [5.74, 6) is -1.08. The van der Waals surface area contributed by atoms with E-state index in [2.05, 4.69) is 5.32 Å². The molecule has 0 spiro atoms. The molecule has 34 heavy (non-hydrogen) atoms. The molecule has 1 amide bonds. The summed E-state index contributed by atoms with van der Waals surface area (Å²) >= 11 is 6.14. The van der Waals surface area contributed by atoms with Crippen LogP contribution in [0.2, 0.25) is 5.02 Å². The SMILES string of the molecule is CCOC(=O)c1ccccc1NC(=O)CN(c1cc(Cl)ccc1OC)S(=O)(=O)c1ccccc1. The number of methoxy groups -OCH3 is 1. The maximum absolute atomic E-state index is 13.5. The number of para-hydroxylation sites is 1. The number of carbonyl (C=O) groups excluding carboxylic acids is 2. The monoisotopic (exact) mass is 502 g/mol. The summed E-state index contributed by atoms with van der Waals surface area (Å²) in [5, 5.41) is 2.87. The molecule has 1 N–H and O–H groups in total. The number of sulfonamides is 1. The largest absolute Gasteiger partial charge is 0.495 e. The van der Waals surface area contributed by atoms with Crippen molar-refractivity contribution in [1.82, 2.24) is 0 Å². The molecule has 10 heteroatoms. The summed E-state index contributed by atoms with van der Waals surface area (Å²) in [6, 6.07) is 18.5. The second kappa shape index (κ2) is 11.0. The minimum absolute atomic E-state index is 0.0169. The zero-order valence-electron chi connectivity index (χ0n) is 18.5. The number of halogens is 1. The topological polar surface area (TPSA) is 102 Å². The van der Waals surface area contributed by atoms with Gasteiger partial charge in [-0.3, -0.25) is 9.10 Å². The molecule has 3 rings (SSSR count). The van der Waals surface area contributed by atoms with Crippen molar-refractivity contribution in [2.45, 2.75) is 11.8 Å². The molecule has 178 valence electrons. The number of hydrogen-bond donors (Lipinski definition) is 1. The van der Waals surface area contributed by atoms with Gasteiger partial charge in [0, 0.05) is 5.02 Å². The Labute approximate surface area is 203 Å². The van der Waals surface area contributed by atoms with E-state index in [0.29, 0.717) is 0 Å². The van der Waals surface area contributed by atoms with Gasteiger partial charge in [0.05, 0.1) is 35.6 Å². The van der Waals surface area contributed by atoms with Crippen LogP contribution in [0.4, 0.5) is 11.4 Å². The Kier molecular flexibility index (Phi) is 8.14. The standard InChI is InChI=1S/C24H23ClN2O6S/c1-3-33-24(29)19-11-7-8-12-20(19)26-23(28)16-27(21-15-17(25)13-14-22(21)32-2)34(30,31)18-9-5-4-6-10-18/h4-15H,3,16H2,1-2H3,(H,26,28). The van der Waals surface area contributed by atoms with Crippen molar-refractivity contribution in [3.63, 3.8) is 0 Å². The van der Waals surface area contributed by atoms with E-state index in [4.69, 9.17) is 21.1 Å². The third kappa shape index (κ3) is 5.67. The van der Waals surface area contributed by atoms with E-state index < -0.39 is 28.4 Å². The summed E-state index contributed by atoms with van der Waals surface area (Å²) in [6.07, 6.45) is 0. The first-order chi connectivity index (χ1) is 16.3. The average molecular weight is 503 g/mol. The number of carbonyl (C=O) groups is 2. The molecule has 0 saturated carbocycles. The minimum atomic E-state index is -4.18. The van der Waals surface area contributed by atoms with Crippen molar-refractivity contribution in [2.75, 3.05) is 29.9 Å². The van der Waals surface area contributed by atoms with Gasteiger partial charge in [0.1, 0.15) is 12.3 Å². The van der Waals surface area contributed by atoms with Gasteiger partial charge in [-0.25, -0.2) is 13.2 Å². The highest BCUT2D eigenvalue weighted by Crippen LogP contribution is 2.35. The van der Waals surface area contributed by atoms with Crippen molar-refractivity contribution in [3.05, 3.63) is 83.4 Å². The van der Waals surface area contributed by atoms with Gasteiger partial charge in [-0.05, 0) is 49.4 Å². The molecule has 0 aliphatic carbocycles. The van der Waals surface area contributed by atoms with Crippen molar-refractivity contribution in [2.24, 2.45) is 0 Å². The van der Waals surface area contributed by atoms with E-state index in [1.807, 2.05) is 0 Å². The van der Waals surface area contributed by atoms with Gasteiger partial charge in [0.15, 0.2) is 0 Å². The summed E-state index contributed by atoms with van der Waals surface area (Å²) in [4.78, 5) is 25.3. The average Bonchev–Trinajstić information content (AvgIpc) is 2.83. The lowest BCUT2D eigenvalue weighted by Crippen LogP contribution is -2.38. The number of rotatable bonds is 9. The second-order valence-corrected chi connectivity index (χ2v) is 9.25. The van der Waals surface area contributed by atoms with Gasteiger partial charge >= 0.3 is 5.97 Å². The Morgan fingerprint density at radius 2 is 1.68 bits per heavy atom. The van der Waals surface area contributed by atoms with Crippen LogP contribution in [-0.4, -0.2) is 40.6 Å². The van der Waals surface area contributed by atoms with Crippen molar-refractivity contribution < 1.29 is 27.5 Å². The highest BCUT2D eigenvalue weighted by molar-refractivity contribution is 7.92. The Morgan fingerprint density at radius 3 is 2.35 bits per heavy atom. The molecule has 0 saturated heterocycles. The number of amides is 1. The number of anilines is 2. The molecule has 3 aromatic rings. The number of esters is 1. The molecule has 0 bridgehead atoms. The first-order valence-corrected chi connectivity index (χ1v) is 12.1. The van der Waals surface area contributed by atoms with Crippen LogP contribution < -0.4 is 14.4 Å². The molecule has 8 nitrogen and oxygen atoms in total. The Balaban J connectivity index is 2.01. The van der Waals surface area contributed by atoms with Crippen LogP contribution in [0.5, 0.6) is 5.75 Å². The van der Waals surface area contributed by atoms with Gasteiger partial charge < -0.3 is 14.8 Å². The zero-order chi connectivity index (χ0) is 24.7. The van der Waals surface area contributed by atoms with Crippen molar-refractivity contribution >= 4 is 44.9 Å². The molecule has 3 aromatic carbocycles. The fourth-order valence-corrected chi connectivity index (χ4v) is 4.79. The fourth-order valence-electron chi connectivity index (χ4n) is 3.18. The number of nitrogens with zero attached hydrogens (tertiary/aromatic N) is 1. The maximum atomic E-state index is 13.5. The molecule has 0 atom stereocenters. The van der Waals surface area contributed by atoms with E-state index in [1.54, 1.807) is 43.3 Å². The van der Waals surface area contributed by atoms with Gasteiger partial charge in [-0.15, -0.1) is 0 Å². The number of ether oxygens (including phenoxy) is 2. The van der Waals surface area contributed by atoms with Crippen LogP contribution >= 0.6 is 11.6 Å². The van der Waals surface area contributed by atoms with Crippen LogP contribution in [0.1, 0.15) is 17.3 Å². The smallest absolute Gasteiger partial charge is 0.340 e. The number of nitrogens with one attached hydrogen (secondary N) is 1. The first-order valence-electron chi connectivity index (χ1n) is 10.2. The minimum Gasteiger partial charge on any atom is -0.495 e. The summed E-state index contributed by atoms with van der Waals surface area (Å²) in [7, 11) is -2.80. The van der Waals surface area contributed by atoms with E-state index in [9.17, 15) is 18.0 Å². The Bertz CT molecular complexity index is 1280. The lowest BCUT2D eigenvalue weighted by molar-refractivity contribution is -0.114. The molecule has 0 radical (unpaired) electrons. The number of benzene rings is 3. The van der Waals surface area contributed by atoms with Gasteiger partial charge in [-0.1, -0.05) is 41.9 Å². The van der Waals surface area contributed by atoms with Gasteiger partial charge in [0.2, 0.25) is 5.91 Å². The van der Waals surface area contributed by atoms with Gasteiger partial charge in [-0.2, -0.15) is 0 Å². The summed E-state index contributed by atoms with van der Waals surface area (Å²) in [6.45, 7) is 1.23. The van der Waals surface area contributed by atoms with Crippen LogP contribution in [0.3, 0.4) is 0 Å². The predicted octanol–water partition coefficient (Wildman–Crippen LogP) is 4.36. The van der Waals surface area contributed by atoms with E-state index >= 15 is 0 Å². The molecule has 0 aliphatic heterocycles. The highest BCUT2D eigenvalue weighted by Gasteiger charge is 2.30. The van der Waals surface area contributed by atoms with Crippen LogP contribution in [-0.2, 0) is 19.6 Å². The predicted molar refractivity (Wildman–Crippen MR) is 130 cm³/mol.